The van der Waals surface area contributed by atoms with Crippen molar-refractivity contribution in [2.45, 2.75) is 25.3 Å². The summed E-state index contributed by atoms with van der Waals surface area (Å²) in [6, 6.07) is 6.12. The van der Waals surface area contributed by atoms with Crippen LogP contribution in [-0.4, -0.2) is 50.7 Å². The zero-order valence-corrected chi connectivity index (χ0v) is 14.5. The van der Waals surface area contributed by atoms with Crippen LogP contribution < -0.4 is 14.8 Å². The number of nitrogens with one attached hydrogen (secondary N) is 1. The summed E-state index contributed by atoms with van der Waals surface area (Å²) in [4.78, 5) is 14.9. The van der Waals surface area contributed by atoms with Gasteiger partial charge < -0.3 is 19.7 Å². The van der Waals surface area contributed by atoms with Crippen molar-refractivity contribution in [2.75, 3.05) is 33.9 Å². The third kappa shape index (κ3) is 3.72. The van der Waals surface area contributed by atoms with E-state index in [1.165, 1.54) is 0 Å². The molecule has 1 amide bonds. The molecule has 2 aliphatic heterocycles. The number of likely N-dealkylation sites (tertiary alicyclic amines) is 1. The van der Waals surface area contributed by atoms with Crippen molar-refractivity contribution in [1.82, 2.24) is 10.2 Å². The van der Waals surface area contributed by atoms with Gasteiger partial charge in [0.25, 0.3) is 0 Å². The van der Waals surface area contributed by atoms with E-state index < -0.39 is 0 Å². The minimum atomic E-state index is -0.0861. The number of hydrogen-bond acceptors (Lipinski definition) is 4. The molecule has 23 heavy (non-hydrogen) atoms. The molecule has 0 aromatic heterocycles. The molecular weight excluding hydrogens is 316 g/mol. The number of ether oxygens (including phenoxy) is 2. The molecule has 2 heterocycles. The Morgan fingerprint density at radius 1 is 1.48 bits per heavy atom. The first-order valence-electron chi connectivity index (χ1n) is 7.97. The number of amides is 1. The number of nitrogens with zero attached hydrogens (tertiary/aromatic N) is 1. The summed E-state index contributed by atoms with van der Waals surface area (Å²) < 4.78 is 11.1. The molecule has 6 heteroatoms. The standard InChI is InChI=1S/C17H24N2O3.ClH/c1-18-10-14-4-3-7-19(14)17(20)13-8-12-9-15(21-2)5-6-16(12)22-11-13;/h5-6,9,13-14,18H,3-4,7-8,10-11H2,1-2H3;1H. The summed E-state index contributed by atoms with van der Waals surface area (Å²) in [7, 11) is 3.59. The Bertz CT molecular complexity index is 553. The normalized spacial score (nSPS) is 22.8. The summed E-state index contributed by atoms with van der Waals surface area (Å²) in [5.74, 6) is 1.83. The highest BCUT2D eigenvalue weighted by molar-refractivity contribution is 5.85. The van der Waals surface area contributed by atoms with Crippen LogP contribution in [0.1, 0.15) is 18.4 Å². The average molecular weight is 341 g/mol. The largest absolute Gasteiger partial charge is 0.497 e. The van der Waals surface area contributed by atoms with Gasteiger partial charge in [-0.15, -0.1) is 12.4 Å². The van der Waals surface area contributed by atoms with E-state index in [1.54, 1.807) is 7.11 Å². The number of fused-ring (bicyclic) bond motifs is 1. The van der Waals surface area contributed by atoms with Crippen molar-refractivity contribution in [2.24, 2.45) is 5.92 Å². The van der Waals surface area contributed by atoms with Gasteiger partial charge in [-0.1, -0.05) is 0 Å². The van der Waals surface area contributed by atoms with Gasteiger partial charge in [-0.05, 0) is 50.1 Å². The molecule has 0 aliphatic carbocycles. The van der Waals surface area contributed by atoms with Crippen LogP contribution in [-0.2, 0) is 11.2 Å². The highest BCUT2D eigenvalue weighted by atomic mass is 35.5. The van der Waals surface area contributed by atoms with Crippen molar-refractivity contribution >= 4 is 18.3 Å². The van der Waals surface area contributed by atoms with Gasteiger partial charge in [-0.2, -0.15) is 0 Å². The maximum atomic E-state index is 12.8. The lowest BCUT2D eigenvalue weighted by atomic mass is 9.95. The molecular formula is C17H25ClN2O3. The second-order valence-corrected chi connectivity index (χ2v) is 6.07. The van der Waals surface area contributed by atoms with Gasteiger partial charge in [0.15, 0.2) is 0 Å². The molecule has 0 radical (unpaired) electrons. The summed E-state index contributed by atoms with van der Waals surface area (Å²) >= 11 is 0. The minimum Gasteiger partial charge on any atom is -0.497 e. The number of halogens is 1. The molecule has 1 N–H and O–H groups in total. The van der Waals surface area contributed by atoms with E-state index in [9.17, 15) is 4.79 Å². The highest BCUT2D eigenvalue weighted by Crippen LogP contribution is 2.32. The molecule has 2 unspecified atom stereocenters. The topological polar surface area (TPSA) is 50.8 Å². The lowest BCUT2D eigenvalue weighted by molar-refractivity contribution is -0.137. The predicted octanol–water partition coefficient (Wildman–Crippen LogP) is 1.88. The van der Waals surface area contributed by atoms with Gasteiger partial charge in [0, 0.05) is 19.1 Å². The molecule has 0 saturated carbocycles. The van der Waals surface area contributed by atoms with E-state index in [1.807, 2.05) is 30.1 Å². The van der Waals surface area contributed by atoms with Crippen molar-refractivity contribution in [1.29, 1.82) is 0 Å². The molecule has 5 nitrogen and oxygen atoms in total. The zero-order chi connectivity index (χ0) is 15.5. The van der Waals surface area contributed by atoms with Crippen molar-refractivity contribution in [3.05, 3.63) is 23.8 Å². The Morgan fingerprint density at radius 2 is 2.30 bits per heavy atom. The Kier molecular flexibility index (Phi) is 6.13. The van der Waals surface area contributed by atoms with Crippen molar-refractivity contribution in [3.63, 3.8) is 0 Å². The Labute approximate surface area is 143 Å². The Hall–Kier alpha value is -1.46. The third-order valence-corrected chi connectivity index (χ3v) is 4.62. The van der Waals surface area contributed by atoms with Crippen LogP contribution in [0.5, 0.6) is 11.5 Å². The minimum absolute atomic E-state index is 0. The first-order valence-corrected chi connectivity index (χ1v) is 7.97. The quantitative estimate of drug-likeness (QED) is 0.909. The van der Waals surface area contributed by atoms with E-state index in [4.69, 9.17) is 9.47 Å². The van der Waals surface area contributed by atoms with E-state index >= 15 is 0 Å². The summed E-state index contributed by atoms with van der Waals surface area (Å²) in [5.41, 5.74) is 1.06. The second-order valence-electron chi connectivity index (χ2n) is 6.07. The molecule has 1 aromatic carbocycles. The van der Waals surface area contributed by atoms with Crippen molar-refractivity contribution in [3.8, 4) is 11.5 Å². The average Bonchev–Trinajstić information content (AvgIpc) is 3.01. The number of carbonyl (C=O) groups excluding carboxylic acids is 1. The van der Waals surface area contributed by atoms with Gasteiger partial charge >= 0.3 is 0 Å². The number of hydrogen-bond donors (Lipinski definition) is 1. The fourth-order valence-electron chi connectivity index (χ4n) is 3.46. The number of carbonyl (C=O) groups is 1. The van der Waals surface area contributed by atoms with Gasteiger partial charge in [0.1, 0.15) is 18.1 Å². The first kappa shape index (κ1) is 17.9. The van der Waals surface area contributed by atoms with Crippen LogP contribution in [0.25, 0.3) is 0 Å². The third-order valence-electron chi connectivity index (χ3n) is 4.62. The highest BCUT2D eigenvalue weighted by Gasteiger charge is 2.35. The predicted molar refractivity (Wildman–Crippen MR) is 91.6 cm³/mol. The summed E-state index contributed by atoms with van der Waals surface area (Å²) in [6.07, 6.45) is 2.91. The number of rotatable bonds is 4. The second kappa shape index (κ2) is 7.88. The number of methoxy groups -OCH3 is 1. The summed E-state index contributed by atoms with van der Waals surface area (Å²) in [5, 5.41) is 3.19. The Balaban J connectivity index is 0.00000192. The van der Waals surface area contributed by atoms with E-state index in [2.05, 4.69) is 5.32 Å². The van der Waals surface area contributed by atoms with Crippen LogP contribution in [0, 0.1) is 5.92 Å². The molecule has 0 spiro atoms. The van der Waals surface area contributed by atoms with Crippen molar-refractivity contribution < 1.29 is 14.3 Å². The van der Waals surface area contributed by atoms with Gasteiger partial charge in [0.05, 0.1) is 13.0 Å². The molecule has 2 aliphatic rings. The monoisotopic (exact) mass is 340 g/mol. The fourth-order valence-corrected chi connectivity index (χ4v) is 3.46. The molecule has 1 fully saturated rings. The molecule has 0 bridgehead atoms. The van der Waals surface area contributed by atoms with Crippen LogP contribution in [0.3, 0.4) is 0 Å². The molecule has 1 aromatic rings. The molecule has 3 rings (SSSR count). The van der Waals surface area contributed by atoms with Gasteiger partial charge in [-0.25, -0.2) is 0 Å². The first-order chi connectivity index (χ1) is 10.7. The maximum Gasteiger partial charge on any atom is 0.229 e. The zero-order valence-electron chi connectivity index (χ0n) is 13.7. The van der Waals surface area contributed by atoms with Crippen LogP contribution in [0.15, 0.2) is 18.2 Å². The van der Waals surface area contributed by atoms with Crippen LogP contribution >= 0.6 is 12.4 Å². The smallest absolute Gasteiger partial charge is 0.229 e. The molecule has 128 valence electrons. The van der Waals surface area contributed by atoms with E-state index in [0.717, 1.165) is 49.4 Å². The molecule has 1 saturated heterocycles. The lowest BCUT2D eigenvalue weighted by Crippen LogP contribution is -2.46. The summed E-state index contributed by atoms with van der Waals surface area (Å²) in [6.45, 7) is 2.21. The van der Waals surface area contributed by atoms with Crippen LogP contribution in [0.4, 0.5) is 0 Å². The maximum absolute atomic E-state index is 12.8. The molecule has 2 atom stereocenters. The van der Waals surface area contributed by atoms with E-state index in [-0.39, 0.29) is 24.2 Å². The van der Waals surface area contributed by atoms with Crippen LogP contribution in [0.2, 0.25) is 0 Å². The lowest BCUT2D eigenvalue weighted by Gasteiger charge is -2.31. The number of likely N-dealkylation sites (N-methyl/N-ethyl adjacent to an activating group) is 1. The number of benzene rings is 1. The Morgan fingerprint density at radius 3 is 3.04 bits per heavy atom. The van der Waals surface area contributed by atoms with Gasteiger partial charge in [-0.3, -0.25) is 4.79 Å². The van der Waals surface area contributed by atoms with E-state index in [0.29, 0.717) is 12.6 Å². The van der Waals surface area contributed by atoms with Gasteiger partial charge in [0.2, 0.25) is 5.91 Å². The fraction of sp³-hybridized carbons (Fsp3) is 0.588. The SMILES string of the molecule is CNCC1CCCN1C(=O)C1COc2ccc(OC)cc2C1.Cl.